The number of nitrogens with zero attached hydrogens (tertiary/aromatic N) is 1. The zero-order valence-corrected chi connectivity index (χ0v) is 9.97. The number of hydrogen-bond donors (Lipinski definition) is 1. The van der Waals surface area contributed by atoms with Gasteiger partial charge in [-0.2, -0.15) is 0 Å². The Hall–Kier alpha value is -0.340. The fraction of sp³-hybridized carbons (Fsp3) is 0.846. The maximum atomic E-state index is 3.50. The highest BCUT2D eigenvalue weighted by atomic mass is 15.1. The Kier molecular flexibility index (Phi) is 4.21. The third kappa shape index (κ3) is 3.62. The average molecular weight is 208 g/mol. The molecule has 0 aromatic carbocycles. The molecule has 0 radical (unpaired) electrons. The summed E-state index contributed by atoms with van der Waals surface area (Å²) in [6, 6.07) is 0. The third-order valence-electron chi connectivity index (χ3n) is 3.66. The van der Waals surface area contributed by atoms with Crippen LogP contribution in [0.4, 0.5) is 0 Å². The van der Waals surface area contributed by atoms with Gasteiger partial charge in [0.1, 0.15) is 0 Å². The van der Waals surface area contributed by atoms with Gasteiger partial charge in [0.2, 0.25) is 0 Å². The topological polar surface area (TPSA) is 15.3 Å². The predicted molar refractivity (Wildman–Crippen MR) is 65.0 cm³/mol. The van der Waals surface area contributed by atoms with Gasteiger partial charge in [0.05, 0.1) is 0 Å². The molecule has 0 aromatic rings. The Morgan fingerprint density at radius 2 is 2.47 bits per heavy atom. The molecule has 1 saturated heterocycles. The molecular formula is C13H24N2. The quantitative estimate of drug-likeness (QED) is 0.714. The lowest BCUT2D eigenvalue weighted by atomic mass is 9.96. The summed E-state index contributed by atoms with van der Waals surface area (Å²) < 4.78 is 0. The molecule has 0 saturated carbocycles. The number of piperidine rings is 1. The van der Waals surface area contributed by atoms with Gasteiger partial charge in [0.25, 0.3) is 0 Å². The zero-order chi connectivity index (χ0) is 10.5. The van der Waals surface area contributed by atoms with Gasteiger partial charge in [-0.3, -0.25) is 4.90 Å². The molecule has 0 amide bonds. The molecule has 1 unspecified atom stereocenters. The first-order valence-corrected chi connectivity index (χ1v) is 6.43. The van der Waals surface area contributed by atoms with Crippen LogP contribution in [0.2, 0.25) is 0 Å². The minimum absolute atomic E-state index is 0.935. The highest BCUT2D eigenvalue weighted by molar-refractivity contribution is 5.04. The molecule has 0 spiro atoms. The summed E-state index contributed by atoms with van der Waals surface area (Å²) >= 11 is 0. The zero-order valence-electron chi connectivity index (χ0n) is 9.97. The van der Waals surface area contributed by atoms with E-state index in [9.17, 15) is 0 Å². The van der Waals surface area contributed by atoms with Crippen molar-refractivity contribution in [1.29, 1.82) is 0 Å². The van der Waals surface area contributed by atoms with Crippen molar-refractivity contribution in [2.24, 2.45) is 5.92 Å². The molecular weight excluding hydrogens is 184 g/mol. The largest absolute Gasteiger partial charge is 0.316 e. The van der Waals surface area contributed by atoms with Gasteiger partial charge in [-0.25, -0.2) is 0 Å². The molecule has 2 aliphatic heterocycles. The van der Waals surface area contributed by atoms with Crippen LogP contribution < -0.4 is 5.32 Å². The smallest absolute Gasteiger partial charge is 0.0190 e. The van der Waals surface area contributed by atoms with E-state index in [1.165, 1.54) is 58.4 Å². The van der Waals surface area contributed by atoms with E-state index in [1.807, 2.05) is 0 Å². The summed E-state index contributed by atoms with van der Waals surface area (Å²) in [6.45, 7) is 8.54. The van der Waals surface area contributed by atoms with E-state index in [1.54, 1.807) is 5.57 Å². The maximum Gasteiger partial charge on any atom is 0.0190 e. The van der Waals surface area contributed by atoms with Crippen LogP contribution in [0.5, 0.6) is 0 Å². The van der Waals surface area contributed by atoms with Gasteiger partial charge < -0.3 is 5.32 Å². The number of nitrogens with one attached hydrogen (secondary N) is 1. The lowest BCUT2D eigenvalue weighted by molar-refractivity contribution is 0.247. The Balaban J connectivity index is 1.66. The van der Waals surface area contributed by atoms with Crippen LogP contribution in [-0.4, -0.2) is 37.6 Å². The van der Waals surface area contributed by atoms with Crippen molar-refractivity contribution in [3.8, 4) is 0 Å². The molecule has 2 rings (SSSR count). The van der Waals surface area contributed by atoms with Crippen LogP contribution in [-0.2, 0) is 0 Å². The summed E-state index contributed by atoms with van der Waals surface area (Å²) in [5, 5.41) is 3.50. The Morgan fingerprint density at radius 3 is 3.20 bits per heavy atom. The molecule has 2 heteroatoms. The maximum absolute atomic E-state index is 3.50. The Bertz CT molecular complexity index is 217. The molecule has 0 bridgehead atoms. The van der Waals surface area contributed by atoms with E-state index in [0.717, 1.165) is 5.92 Å². The molecule has 2 aliphatic rings. The molecule has 15 heavy (non-hydrogen) atoms. The van der Waals surface area contributed by atoms with Gasteiger partial charge in [0, 0.05) is 13.1 Å². The third-order valence-corrected chi connectivity index (χ3v) is 3.66. The van der Waals surface area contributed by atoms with Crippen molar-refractivity contribution in [1.82, 2.24) is 10.2 Å². The second-order valence-electron chi connectivity index (χ2n) is 5.12. The molecule has 1 atom stereocenters. The van der Waals surface area contributed by atoms with Crippen molar-refractivity contribution >= 4 is 0 Å². The minimum atomic E-state index is 0.935. The van der Waals surface area contributed by atoms with Crippen molar-refractivity contribution in [3.05, 3.63) is 11.6 Å². The second-order valence-corrected chi connectivity index (χ2v) is 5.12. The first-order chi connectivity index (χ1) is 7.34. The first-order valence-electron chi connectivity index (χ1n) is 6.43. The van der Waals surface area contributed by atoms with E-state index in [2.05, 4.69) is 23.2 Å². The molecule has 1 N–H and O–H groups in total. The lowest BCUT2D eigenvalue weighted by Gasteiger charge is -2.29. The molecule has 86 valence electrons. The fourth-order valence-corrected chi connectivity index (χ4v) is 2.72. The highest BCUT2D eigenvalue weighted by Gasteiger charge is 2.15. The van der Waals surface area contributed by atoms with Crippen LogP contribution >= 0.6 is 0 Å². The van der Waals surface area contributed by atoms with Gasteiger partial charge in [-0.1, -0.05) is 11.6 Å². The van der Waals surface area contributed by atoms with Crippen LogP contribution in [0.1, 0.15) is 32.6 Å². The fourth-order valence-electron chi connectivity index (χ4n) is 2.72. The molecule has 2 nitrogen and oxygen atoms in total. The molecule has 2 heterocycles. The van der Waals surface area contributed by atoms with Gasteiger partial charge in [-0.05, 0) is 58.2 Å². The average Bonchev–Trinajstić information content (AvgIpc) is 2.28. The summed E-state index contributed by atoms with van der Waals surface area (Å²) in [5.74, 6) is 0.935. The van der Waals surface area contributed by atoms with Gasteiger partial charge in [0.15, 0.2) is 0 Å². The van der Waals surface area contributed by atoms with Crippen molar-refractivity contribution < 1.29 is 0 Å². The Morgan fingerprint density at radius 1 is 1.53 bits per heavy atom. The minimum Gasteiger partial charge on any atom is -0.316 e. The van der Waals surface area contributed by atoms with Crippen molar-refractivity contribution in [2.45, 2.75) is 32.6 Å². The monoisotopic (exact) mass is 208 g/mol. The lowest BCUT2D eigenvalue weighted by Crippen LogP contribution is -2.35. The van der Waals surface area contributed by atoms with Crippen LogP contribution in [0.15, 0.2) is 11.6 Å². The molecule has 1 fully saturated rings. The summed E-state index contributed by atoms with van der Waals surface area (Å²) in [4.78, 5) is 2.62. The van der Waals surface area contributed by atoms with Crippen LogP contribution in [0.25, 0.3) is 0 Å². The highest BCUT2D eigenvalue weighted by Crippen LogP contribution is 2.16. The van der Waals surface area contributed by atoms with E-state index in [-0.39, 0.29) is 0 Å². The Labute approximate surface area is 93.7 Å². The standard InChI is InChI=1S/C13H24N2/c1-12-4-3-8-15(11-12)9-6-13-5-2-7-14-10-13/h4,13-14H,2-3,5-11H2,1H3. The summed E-state index contributed by atoms with van der Waals surface area (Å²) in [7, 11) is 0. The van der Waals surface area contributed by atoms with E-state index < -0.39 is 0 Å². The van der Waals surface area contributed by atoms with E-state index >= 15 is 0 Å². The first kappa shape index (κ1) is 11.2. The van der Waals surface area contributed by atoms with Crippen LogP contribution in [0, 0.1) is 5.92 Å². The predicted octanol–water partition coefficient (Wildman–Crippen LogP) is 2.03. The van der Waals surface area contributed by atoms with Crippen molar-refractivity contribution in [3.63, 3.8) is 0 Å². The SMILES string of the molecule is CC1=CCCN(CCC2CCCNC2)C1. The normalized spacial score (nSPS) is 28.9. The molecule has 0 aliphatic carbocycles. The van der Waals surface area contributed by atoms with Gasteiger partial charge >= 0.3 is 0 Å². The van der Waals surface area contributed by atoms with Crippen LogP contribution in [0.3, 0.4) is 0 Å². The summed E-state index contributed by atoms with van der Waals surface area (Å²) in [6.07, 6.45) is 7.85. The molecule has 0 aromatic heterocycles. The van der Waals surface area contributed by atoms with E-state index in [4.69, 9.17) is 0 Å². The van der Waals surface area contributed by atoms with Crippen molar-refractivity contribution in [2.75, 3.05) is 32.7 Å². The second kappa shape index (κ2) is 5.66. The summed E-state index contributed by atoms with van der Waals surface area (Å²) in [5.41, 5.74) is 1.56. The van der Waals surface area contributed by atoms with E-state index in [0.29, 0.717) is 0 Å². The van der Waals surface area contributed by atoms with Gasteiger partial charge in [-0.15, -0.1) is 0 Å². The number of hydrogen-bond acceptors (Lipinski definition) is 2. The number of rotatable bonds is 3.